The normalized spacial score (nSPS) is 20.4. The van der Waals surface area contributed by atoms with Crippen LogP contribution in [0.25, 0.3) is 0 Å². The van der Waals surface area contributed by atoms with Crippen molar-refractivity contribution in [1.29, 1.82) is 0 Å². The maximum Gasteiger partial charge on any atom is 0.191 e. The summed E-state index contributed by atoms with van der Waals surface area (Å²) >= 11 is 0. The maximum atomic E-state index is 5.60. The Morgan fingerprint density at radius 1 is 1.35 bits per heavy atom. The Morgan fingerprint density at radius 2 is 2.15 bits per heavy atom. The van der Waals surface area contributed by atoms with Crippen molar-refractivity contribution in [3.8, 4) is 0 Å². The molecular formula is C15H32IN3O. The van der Waals surface area contributed by atoms with Crippen molar-refractivity contribution in [2.24, 2.45) is 10.9 Å². The van der Waals surface area contributed by atoms with Crippen LogP contribution in [0.2, 0.25) is 0 Å². The second-order valence-corrected chi connectivity index (χ2v) is 5.39. The van der Waals surface area contributed by atoms with Crippen LogP contribution in [0.5, 0.6) is 0 Å². The Hall–Kier alpha value is -0.0400. The summed E-state index contributed by atoms with van der Waals surface area (Å²) < 4.78 is 5.60. The summed E-state index contributed by atoms with van der Waals surface area (Å²) in [5.74, 6) is 1.66. The van der Waals surface area contributed by atoms with Crippen LogP contribution < -0.4 is 10.6 Å². The number of hydrogen-bond donors (Lipinski definition) is 2. The fraction of sp³-hybridized carbons (Fsp3) is 0.933. The highest BCUT2D eigenvalue weighted by molar-refractivity contribution is 14.0. The summed E-state index contributed by atoms with van der Waals surface area (Å²) in [5, 5.41) is 6.80. The van der Waals surface area contributed by atoms with Crippen LogP contribution >= 0.6 is 24.0 Å². The molecule has 0 aromatic carbocycles. The first kappa shape index (κ1) is 20.0. The van der Waals surface area contributed by atoms with E-state index in [9.17, 15) is 0 Å². The summed E-state index contributed by atoms with van der Waals surface area (Å²) in [6.45, 7) is 7.31. The largest absolute Gasteiger partial charge is 0.376 e. The number of nitrogens with zero attached hydrogens (tertiary/aromatic N) is 1. The number of unbranched alkanes of at least 4 members (excludes halogenated alkanes) is 1. The summed E-state index contributed by atoms with van der Waals surface area (Å²) in [6.07, 6.45) is 7.86. The van der Waals surface area contributed by atoms with Crippen molar-refractivity contribution in [3.05, 3.63) is 0 Å². The molecule has 1 saturated heterocycles. The van der Waals surface area contributed by atoms with E-state index in [0.29, 0.717) is 6.10 Å². The van der Waals surface area contributed by atoms with Crippen molar-refractivity contribution < 1.29 is 4.74 Å². The fourth-order valence-electron chi connectivity index (χ4n) is 2.42. The number of aliphatic imine (C=N–C) groups is 1. The number of nitrogens with one attached hydrogen (secondary N) is 2. The third-order valence-electron chi connectivity index (χ3n) is 3.85. The van der Waals surface area contributed by atoms with Gasteiger partial charge in [0.1, 0.15) is 0 Å². The zero-order valence-electron chi connectivity index (χ0n) is 13.3. The van der Waals surface area contributed by atoms with Gasteiger partial charge in [-0.2, -0.15) is 0 Å². The molecule has 1 rings (SSSR count). The van der Waals surface area contributed by atoms with Gasteiger partial charge in [0, 0.05) is 26.7 Å². The second kappa shape index (κ2) is 12.7. The van der Waals surface area contributed by atoms with Gasteiger partial charge < -0.3 is 15.4 Å². The molecule has 2 atom stereocenters. The third kappa shape index (κ3) is 8.29. The highest BCUT2D eigenvalue weighted by atomic mass is 127. The smallest absolute Gasteiger partial charge is 0.191 e. The minimum Gasteiger partial charge on any atom is -0.376 e. The lowest BCUT2D eigenvalue weighted by atomic mass is 9.99. The lowest BCUT2D eigenvalue weighted by molar-refractivity contribution is 0.113. The van der Waals surface area contributed by atoms with Crippen molar-refractivity contribution in [2.45, 2.75) is 58.5 Å². The van der Waals surface area contributed by atoms with Gasteiger partial charge in [-0.15, -0.1) is 24.0 Å². The van der Waals surface area contributed by atoms with Crippen LogP contribution in [0, 0.1) is 5.92 Å². The quantitative estimate of drug-likeness (QED) is 0.376. The van der Waals surface area contributed by atoms with Gasteiger partial charge in [-0.05, 0) is 25.2 Å². The van der Waals surface area contributed by atoms with Gasteiger partial charge >= 0.3 is 0 Å². The van der Waals surface area contributed by atoms with Gasteiger partial charge in [-0.25, -0.2) is 0 Å². The van der Waals surface area contributed by atoms with E-state index in [4.69, 9.17) is 4.74 Å². The van der Waals surface area contributed by atoms with E-state index in [1.807, 2.05) is 7.05 Å². The first-order chi connectivity index (χ1) is 9.30. The van der Waals surface area contributed by atoms with Gasteiger partial charge in [0.15, 0.2) is 5.96 Å². The topological polar surface area (TPSA) is 45.7 Å². The molecule has 0 amide bonds. The average Bonchev–Trinajstić information content (AvgIpc) is 2.95. The Bertz CT molecular complexity index is 256. The number of rotatable bonds is 8. The Morgan fingerprint density at radius 3 is 2.70 bits per heavy atom. The predicted octanol–water partition coefficient (Wildman–Crippen LogP) is 3.16. The van der Waals surface area contributed by atoms with Gasteiger partial charge in [-0.1, -0.05) is 33.1 Å². The minimum absolute atomic E-state index is 0. The molecule has 0 aromatic rings. The van der Waals surface area contributed by atoms with Crippen molar-refractivity contribution in [3.63, 3.8) is 0 Å². The first-order valence-electron chi connectivity index (χ1n) is 7.86. The molecule has 2 unspecified atom stereocenters. The SMILES string of the molecule is CCCCC(CC)CNC(=NC)NCC1CCCO1.I. The summed E-state index contributed by atoms with van der Waals surface area (Å²) in [4.78, 5) is 4.27. The van der Waals surface area contributed by atoms with E-state index in [1.165, 1.54) is 32.1 Å². The Kier molecular flexibility index (Phi) is 12.7. The van der Waals surface area contributed by atoms with Crippen LogP contribution in [-0.2, 0) is 4.74 Å². The molecule has 0 radical (unpaired) electrons. The van der Waals surface area contributed by atoms with Crippen molar-refractivity contribution in [2.75, 3.05) is 26.7 Å². The van der Waals surface area contributed by atoms with Gasteiger partial charge in [0.05, 0.1) is 6.10 Å². The van der Waals surface area contributed by atoms with Crippen LogP contribution in [-0.4, -0.2) is 38.8 Å². The van der Waals surface area contributed by atoms with E-state index < -0.39 is 0 Å². The summed E-state index contributed by atoms with van der Waals surface area (Å²) in [5.41, 5.74) is 0. The van der Waals surface area contributed by atoms with Gasteiger partial charge in [0.25, 0.3) is 0 Å². The molecule has 1 aliphatic heterocycles. The molecule has 1 fully saturated rings. The minimum atomic E-state index is 0. The molecule has 5 heteroatoms. The average molecular weight is 397 g/mol. The molecule has 1 heterocycles. The monoisotopic (exact) mass is 397 g/mol. The third-order valence-corrected chi connectivity index (χ3v) is 3.85. The second-order valence-electron chi connectivity index (χ2n) is 5.39. The number of guanidine groups is 1. The molecule has 20 heavy (non-hydrogen) atoms. The molecule has 0 spiro atoms. The molecule has 0 aromatic heterocycles. The van der Waals surface area contributed by atoms with Crippen LogP contribution in [0.15, 0.2) is 4.99 Å². The van der Waals surface area contributed by atoms with E-state index in [-0.39, 0.29) is 24.0 Å². The Balaban J connectivity index is 0.00000361. The van der Waals surface area contributed by atoms with Crippen molar-refractivity contribution in [1.82, 2.24) is 10.6 Å². The summed E-state index contributed by atoms with van der Waals surface area (Å²) in [7, 11) is 1.83. The molecule has 0 saturated carbocycles. The molecule has 0 bridgehead atoms. The van der Waals surface area contributed by atoms with E-state index in [0.717, 1.165) is 38.0 Å². The predicted molar refractivity (Wildman–Crippen MR) is 97.1 cm³/mol. The zero-order valence-corrected chi connectivity index (χ0v) is 15.6. The van der Waals surface area contributed by atoms with E-state index in [2.05, 4.69) is 29.5 Å². The van der Waals surface area contributed by atoms with E-state index in [1.54, 1.807) is 0 Å². The fourth-order valence-corrected chi connectivity index (χ4v) is 2.42. The van der Waals surface area contributed by atoms with Crippen LogP contribution in [0.1, 0.15) is 52.4 Å². The number of hydrogen-bond acceptors (Lipinski definition) is 2. The zero-order chi connectivity index (χ0) is 13.9. The highest BCUT2D eigenvalue weighted by Crippen LogP contribution is 2.11. The standard InChI is InChI=1S/C15H31N3O.HI/c1-4-6-8-13(5-2)11-17-15(16-3)18-12-14-9-7-10-19-14;/h13-14H,4-12H2,1-3H3,(H2,16,17,18);1H. The summed E-state index contributed by atoms with van der Waals surface area (Å²) in [6, 6.07) is 0. The molecule has 0 aliphatic carbocycles. The highest BCUT2D eigenvalue weighted by Gasteiger charge is 2.15. The van der Waals surface area contributed by atoms with Gasteiger partial charge in [-0.3, -0.25) is 4.99 Å². The molecular weight excluding hydrogens is 365 g/mol. The molecule has 120 valence electrons. The number of halogens is 1. The van der Waals surface area contributed by atoms with Crippen molar-refractivity contribution >= 4 is 29.9 Å². The van der Waals surface area contributed by atoms with Gasteiger partial charge in [0.2, 0.25) is 0 Å². The molecule has 2 N–H and O–H groups in total. The van der Waals surface area contributed by atoms with E-state index >= 15 is 0 Å². The lowest BCUT2D eigenvalue weighted by Gasteiger charge is -2.19. The first-order valence-corrected chi connectivity index (χ1v) is 7.86. The van der Waals surface area contributed by atoms with Crippen LogP contribution in [0.4, 0.5) is 0 Å². The van der Waals surface area contributed by atoms with Crippen LogP contribution in [0.3, 0.4) is 0 Å². The molecule has 1 aliphatic rings. The lowest BCUT2D eigenvalue weighted by Crippen LogP contribution is -2.42. The Labute approximate surface area is 141 Å². The molecule has 4 nitrogen and oxygen atoms in total. The maximum absolute atomic E-state index is 5.60. The number of ether oxygens (including phenoxy) is 1.